The molecule has 0 atom stereocenters. The number of furan rings is 1. The molecule has 1 nitrogen and oxygen atoms in total. The Labute approximate surface area is 261 Å². The third-order valence-corrected chi connectivity index (χ3v) is 9.09. The topological polar surface area (TPSA) is 13.1 Å². The Morgan fingerprint density at radius 3 is 1.36 bits per heavy atom. The molecule has 0 N–H and O–H groups in total. The molecule has 0 aliphatic rings. The minimum atomic E-state index is 0.901. The SMILES string of the molecule is c1ccc(-c2ccccc2-c2c3ccccc3c(-c3c(-c4ccccc4)ccc4oc5ccccc5c34)c3ccccc23)cc1. The fourth-order valence-corrected chi connectivity index (χ4v) is 7.19. The fourth-order valence-electron chi connectivity index (χ4n) is 7.19. The van der Waals surface area contributed by atoms with Crippen LogP contribution in [0, 0.1) is 0 Å². The quantitative estimate of drug-likeness (QED) is 0.191. The van der Waals surface area contributed by atoms with E-state index < -0.39 is 0 Å². The van der Waals surface area contributed by atoms with Crippen LogP contribution in [0.4, 0.5) is 0 Å². The van der Waals surface area contributed by atoms with Crippen molar-refractivity contribution >= 4 is 43.5 Å². The van der Waals surface area contributed by atoms with Crippen LogP contribution in [0.3, 0.4) is 0 Å². The first-order valence-corrected chi connectivity index (χ1v) is 15.4. The van der Waals surface area contributed by atoms with Crippen LogP contribution in [0.2, 0.25) is 0 Å². The summed E-state index contributed by atoms with van der Waals surface area (Å²) in [7, 11) is 0. The second kappa shape index (κ2) is 10.4. The molecule has 1 aromatic heterocycles. The van der Waals surface area contributed by atoms with Gasteiger partial charge in [0.05, 0.1) is 0 Å². The Kier molecular flexibility index (Phi) is 5.89. The molecule has 0 fully saturated rings. The van der Waals surface area contributed by atoms with E-state index >= 15 is 0 Å². The van der Waals surface area contributed by atoms with Crippen molar-refractivity contribution in [1.29, 1.82) is 0 Å². The molecule has 8 aromatic carbocycles. The largest absolute Gasteiger partial charge is 0.456 e. The number of hydrogen-bond donors (Lipinski definition) is 0. The van der Waals surface area contributed by atoms with Crippen LogP contribution < -0.4 is 0 Å². The zero-order chi connectivity index (χ0) is 29.7. The zero-order valence-electron chi connectivity index (χ0n) is 24.6. The van der Waals surface area contributed by atoms with E-state index in [9.17, 15) is 0 Å². The number of fused-ring (bicyclic) bond motifs is 5. The highest BCUT2D eigenvalue weighted by Crippen LogP contribution is 2.50. The van der Waals surface area contributed by atoms with Crippen LogP contribution in [0.25, 0.3) is 88.0 Å². The minimum Gasteiger partial charge on any atom is -0.456 e. The third kappa shape index (κ3) is 4.02. The van der Waals surface area contributed by atoms with Gasteiger partial charge in [-0.25, -0.2) is 0 Å². The lowest BCUT2D eigenvalue weighted by atomic mass is 9.81. The third-order valence-electron chi connectivity index (χ3n) is 9.09. The highest BCUT2D eigenvalue weighted by Gasteiger charge is 2.24. The molecule has 0 radical (unpaired) electrons. The summed E-state index contributed by atoms with van der Waals surface area (Å²) in [6, 6.07) is 60.9. The molecule has 9 aromatic rings. The molecule has 0 unspecified atom stereocenters. The summed E-state index contributed by atoms with van der Waals surface area (Å²) in [4.78, 5) is 0. The predicted octanol–water partition coefficient (Wildman–Crippen LogP) is 12.6. The Bertz CT molecular complexity index is 2460. The lowest BCUT2D eigenvalue weighted by Crippen LogP contribution is -1.94. The molecule has 9 rings (SSSR count). The summed E-state index contributed by atoms with van der Waals surface area (Å²) < 4.78 is 6.49. The molecular formula is C44H28O. The average Bonchev–Trinajstić information content (AvgIpc) is 3.50. The Morgan fingerprint density at radius 1 is 0.267 bits per heavy atom. The van der Waals surface area contributed by atoms with Crippen molar-refractivity contribution in [2.24, 2.45) is 0 Å². The van der Waals surface area contributed by atoms with E-state index in [-0.39, 0.29) is 0 Å². The molecule has 0 aliphatic carbocycles. The van der Waals surface area contributed by atoms with E-state index in [0.29, 0.717) is 0 Å². The monoisotopic (exact) mass is 572 g/mol. The molecule has 1 heteroatoms. The molecule has 0 saturated carbocycles. The maximum atomic E-state index is 6.49. The van der Waals surface area contributed by atoms with Gasteiger partial charge in [-0.15, -0.1) is 0 Å². The fraction of sp³-hybridized carbons (Fsp3) is 0. The van der Waals surface area contributed by atoms with Crippen LogP contribution >= 0.6 is 0 Å². The average molecular weight is 573 g/mol. The van der Waals surface area contributed by atoms with E-state index in [1.807, 2.05) is 6.07 Å². The number of benzene rings is 8. The molecule has 0 aliphatic heterocycles. The molecule has 0 bridgehead atoms. The van der Waals surface area contributed by atoms with Crippen molar-refractivity contribution in [3.05, 3.63) is 170 Å². The second-order valence-electron chi connectivity index (χ2n) is 11.6. The Hall–Kier alpha value is -5.92. The van der Waals surface area contributed by atoms with E-state index in [4.69, 9.17) is 4.42 Å². The summed E-state index contributed by atoms with van der Waals surface area (Å²) >= 11 is 0. The van der Waals surface area contributed by atoms with Gasteiger partial charge in [-0.1, -0.05) is 158 Å². The smallest absolute Gasteiger partial charge is 0.136 e. The highest BCUT2D eigenvalue weighted by atomic mass is 16.3. The van der Waals surface area contributed by atoms with Gasteiger partial charge in [0.1, 0.15) is 11.2 Å². The summed E-state index contributed by atoms with van der Waals surface area (Å²) in [5, 5.41) is 7.21. The molecule has 210 valence electrons. The van der Waals surface area contributed by atoms with Crippen LogP contribution in [0.1, 0.15) is 0 Å². The Morgan fingerprint density at radius 2 is 0.733 bits per heavy atom. The van der Waals surface area contributed by atoms with Crippen LogP contribution in [0.15, 0.2) is 174 Å². The Balaban J connectivity index is 1.48. The number of rotatable bonds is 4. The van der Waals surface area contributed by atoms with Gasteiger partial charge in [-0.2, -0.15) is 0 Å². The van der Waals surface area contributed by atoms with Crippen LogP contribution in [-0.2, 0) is 0 Å². The molecular weight excluding hydrogens is 544 g/mol. The van der Waals surface area contributed by atoms with Gasteiger partial charge in [-0.3, -0.25) is 0 Å². The first-order valence-electron chi connectivity index (χ1n) is 15.4. The van der Waals surface area contributed by atoms with E-state index in [1.54, 1.807) is 0 Å². The van der Waals surface area contributed by atoms with Gasteiger partial charge in [0, 0.05) is 16.3 Å². The number of para-hydroxylation sites is 1. The molecule has 1 heterocycles. The molecule has 45 heavy (non-hydrogen) atoms. The molecule has 0 amide bonds. The highest BCUT2D eigenvalue weighted by molar-refractivity contribution is 6.28. The minimum absolute atomic E-state index is 0.901. The summed E-state index contributed by atoms with van der Waals surface area (Å²) in [6.45, 7) is 0. The van der Waals surface area contributed by atoms with Gasteiger partial charge < -0.3 is 4.42 Å². The lowest BCUT2D eigenvalue weighted by molar-refractivity contribution is 0.669. The summed E-state index contributed by atoms with van der Waals surface area (Å²) in [5.41, 5.74) is 11.6. The van der Waals surface area contributed by atoms with Crippen molar-refractivity contribution in [2.45, 2.75) is 0 Å². The maximum absolute atomic E-state index is 6.49. The van der Waals surface area contributed by atoms with E-state index in [1.165, 1.54) is 66.1 Å². The summed E-state index contributed by atoms with van der Waals surface area (Å²) in [6.07, 6.45) is 0. The van der Waals surface area contributed by atoms with Gasteiger partial charge in [-0.05, 0) is 72.6 Å². The zero-order valence-corrected chi connectivity index (χ0v) is 24.6. The van der Waals surface area contributed by atoms with E-state index in [2.05, 4.69) is 164 Å². The first-order chi connectivity index (χ1) is 22.4. The van der Waals surface area contributed by atoms with Crippen molar-refractivity contribution < 1.29 is 4.42 Å². The van der Waals surface area contributed by atoms with E-state index in [0.717, 1.165) is 21.9 Å². The van der Waals surface area contributed by atoms with Crippen molar-refractivity contribution in [1.82, 2.24) is 0 Å². The van der Waals surface area contributed by atoms with Crippen LogP contribution in [0.5, 0.6) is 0 Å². The second-order valence-corrected chi connectivity index (χ2v) is 11.6. The maximum Gasteiger partial charge on any atom is 0.136 e. The number of hydrogen-bond acceptors (Lipinski definition) is 1. The lowest BCUT2D eigenvalue weighted by Gasteiger charge is -2.21. The standard InChI is InChI=1S/C44H28O/c1-3-15-29(16-4-1)31-19-7-8-20-33(31)41-34-21-9-11-23-36(34)42(37-24-12-10-22-35(37)41)44-32(30-17-5-2-6-18-30)27-28-40-43(44)38-25-13-14-26-39(38)45-40/h1-28H. The van der Waals surface area contributed by atoms with Crippen molar-refractivity contribution in [3.63, 3.8) is 0 Å². The predicted molar refractivity (Wildman–Crippen MR) is 190 cm³/mol. The summed E-state index contributed by atoms with van der Waals surface area (Å²) in [5.74, 6) is 0. The normalized spacial score (nSPS) is 11.6. The molecule has 0 saturated heterocycles. The van der Waals surface area contributed by atoms with Gasteiger partial charge in [0.2, 0.25) is 0 Å². The molecule has 0 spiro atoms. The van der Waals surface area contributed by atoms with Crippen LogP contribution in [-0.4, -0.2) is 0 Å². The van der Waals surface area contributed by atoms with Crippen molar-refractivity contribution in [3.8, 4) is 44.5 Å². The van der Waals surface area contributed by atoms with Gasteiger partial charge in [0.25, 0.3) is 0 Å². The van der Waals surface area contributed by atoms with Crippen molar-refractivity contribution in [2.75, 3.05) is 0 Å². The van der Waals surface area contributed by atoms with Gasteiger partial charge >= 0.3 is 0 Å². The first kappa shape index (κ1) is 25.6. The van der Waals surface area contributed by atoms with Gasteiger partial charge in [0.15, 0.2) is 0 Å².